The zero-order valence-electron chi connectivity index (χ0n) is 6.38. The SMILES string of the molecule is CN1c2c(ccnc2Cl)NC1Cl. The van der Waals surface area contributed by atoms with Crippen molar-refractivity contribution < 1.29 is 0 Å². The maximum absolute atomic E-state index is 5.93. The minimum Gasteiger partial charge on any atom is -0.351 e. The lowest BCUT2D eigenvalue weighted by Crippen LogP contribution is -2.26. The highest BCUT2D eigenvalue weighted by Gasteiger charge is 2.26. The van der Waals surface area contributed by atoms with E-state index in [1.54, 1.807) is 6.20 Å². The van der Waals surface area contributed by atoms with Crippen molar-refractivity contribution >= 4 is 34.6 Å². The lowest BCUT2D eigenvalue weighted by Gasteiger charge is -2.15. The Balaban J connectivity index is 2.55. The van der Waals surface area contributed by atoms with E-state index in [2.05, 4.69) is 10.3 Å². The molecule has 1 aromatic rings. The van der Waals surface area contributed by atoms with E-state index in [0.29, 0.717) is 5.15 Å². The highest BCUT2D eigenvalue weighted by molar-refractivity contribution is 6.34. The van der Waals surface area contributed by atoms with Crippen LogP contribution in [-0.4, -0.2) is 17.7 Å². The molecule has 1 unspecified atom stereocenters. The van der Waals surface area contributed by atoms with Crippen LogP contribution in [0, 0.1) is 0 Å². The summed E-state index contributed by atoms with van der Waals surface area (Å²) in [6.45, 7) is 0. The number of aromatic nitrogens is 1. The van der Waals surface area contributed by atoms with Crippen molar-refractivity contribution in [3.63, 3.8) is 0 Å². The molecule has 0 saturated heterocycles. The Morgan fingerprint density at radius 1 is 1.67 bits per heavy atom. The van der Waals surface area contributed by atoms with Gasteiger partial charge in [0, 0.05) is 13.2 Å². The second-order valence-corrected chi connectivity index (χ2v) is 3.36. The van der Waals surface area contributed by atoms with Crippen LogP contribution in [0.3, 0.4) is 0 Å². The van der Waals surface area contributed by atoms with E-state index in [0.717, 1.165) is 11.4 Å². The molecule has 5 heteroatoms. The molecule has 0 fully saturated rings. The Bertz CT molecular complexity index is 316. The molecule has 1 N–H and O–H groups in total. The second-order valence-electron chi connectivity index (χ2n) is 2.59. The first kappa shape index (κ1) is 7.95. The molecular formula is C7H7Cl2N3. The molecule has 0 amide bonds. The average Bonchev–Trinajstić information content (AvgIpc) is 2.29. The smallest absolute Gasteiger partial charge is 0.177 e. The molecule has 0 aromatic carbocycles. The molecule has 2 rings (SSSR count). The number of halogens is 2. The topological polar surface area (TPSA) is 28.2 Å². The first-order valence-corrected chi connectivity index (χ1v) is 4.29. The maximum Gasteiger partial charge on any atom is 0.177 e. The standard InChI is InChI=1S/C7H7Cl2N3/c1-12-5-4(11-7(12)9)2-3-10-6(5)8/h2-3,7,11H,1H3. The van der Waals surface area contributed by atoms with Gasteiger partial charge in [0.05, 0.1) is 5.69 Å². The van der Waals surface area contributed by atoms with Crippen molar-refractivity contribution in [3.05, 3.63) is 17.4 Å². The van der Waals surface area contributed by atoms with E-state index in [4.69, 9.17) is 23.2 Å². The first-order chi connectivity index (χ1) is 5.70. The zero-order valence-corrected chi connectivity index (χ0v) is 7.89. The van der Waals surface area contributed by atoms with Crippen molar-refractivity contribution in [2.75, 3.05) is 17.3 Å². The van der Waals surface area contributed by atoms with E-state index >= 15 is 0 Å². The van der Waals surface area contributed by atoms with E-state index in [-0.39, 0.29) is 5.62 Å². The number of anilines is 2. The molecule has 0 bridgehead atoms. The highest BCUT2D eigenvalue weighted by atomic mass is 35.5. The predicted octanol–water partition coefficient (Wildman–Crippen LogP) is 2.12. The third-order valence-electron chi connectivity index (χ3n) is 1.85. The van der Waals surface area contributed by atoms with Gasteiger partial charge in [-0.1, -0.05) is 23.2 Å². The molecule has 0 aliphatic carbocycles. The van der Waals surface area contributed by atoms with Crippen molar-refractivity contribution in [1.82, 2.24) is 4.98 Å². The van der Waals surface area contributed by atoms with Crippen LogP contribution in [0.25, 0.3) is 0 Å². The summed E-state index contributed by atoms with van der Waals surface area (Å²) in [6, 6.07) is 1.85. The predicted molar refractivity (Wildman–Crippen MR) is 50.9 cm³/mol. The summed E-state index contributed by atoms with van der Waals surface area (Å²) in [4.78, 5) is 5.80. The highest BCUT2D eigenvalue weighted by Crippen LogP contribution is 2.38. The van der Waals surface area contributed by atoms with Crippen molar-refractivity contribution in [2.45, 2.75) is 5.62 Å². The van der Waals surface area contributed by atoms with Crippen LogP contribution in [0.1, 0.15) is 0 Å². The summed E-state index contributed by atoms with van der Waals surface area (Å²) in [7, 11) is 1.87. The van der Waals surface area contributed by atoms with E-state index in [9.17, 15) is 0 Å². The lowest BCUT2D eigenvalue weighted by atomic mass is 10.3. The zero-order chi connectivity index (χ0) is 8.72. The number of nitrogens with zero attached hydrogens (tertiary/aromatic N) is 2. The molecule has 2 heterocycles. The number of nitrogens with one attached hydrogen (secondary N) is 1. The fourth-order valence-electron chi connectivity index (χ4n) is 1.22. The van der Waals surface area contributed by atoms with Gasteiger partial charge in [0.25, 0.3) is 0 Å². The molecule has 1 atom stereocenters. The third-order valence-corrected chi connectivity index (χ3v) is 2.53. The van der Waals surface area contributed by atoms with Crippen LogP contribution in [-0.2, 0) is 0 Å². The maximum atomic E-state index is 5.93. The Labute approximate surface area is 80.3 Å². The third kappa shape index (κ3) is 1.01. The quantitative estimate of drug-likeness (QED) is 0.398. The Kier molecular flexibility index (Phi) is 1.77. The summed E-state index contributed by atoms with van der Waals surface area (Å²) in [6.07, 6.45) is 1.65. The van der Waals surface area contributed by atoms with Crippen LogP contribution in [0.5, 0.6) is 0 Å². The normalized spacial score (nSPS) is 20.6. The largest absolute Gasteiger partial charge is 0.351 e. The number of fused-ring (bicyclic) bond motifs is 1. The van der Waals surface area contributed by atoms with Crippen LogP contribution >= 0.6 is 23.2 Å². The molecule has 1 aromatic heterocycles. The van der Waals surface area contributed by atoms with Gasteiger partial charge in [-0.05, 0) is 6.07 Å². The number of hydrogen-bond donors (Lipinski definition) is 1. The molecule has 64 valence electrons. The van der Waals surface area contributed by atoms with Crippen molar-refractivity contribution in [1.29, 1.82) is 0 Å². The molecule has 1 aliphatic heterocycles. The second kappa shape index (κ2) is 2.68. The molecule has 0 saturated carbocycles. The minimum atomic E-state index is -0.235. The first-order valence-electron chi connectivity index (χ1n) is 3.48. The Morgan fingerprint density at radius 2 is 2.42 bits per heavy atom. The fourth-order valence-corrected chi connectivity index (χ4v) is 1.73. The molecule has 12 heavy (non-hydrogen) atoms. The van der Waals surface area contributed by atoms with Crippen LogP contribution in [0.4, 0.5) is 11.4 Å². The van der Waals surface area contributed by atoms with E-state index in [1.165, 1.54) is 0 Å². The van der Waals surface area contributed by atoms with E-state index in [1.807, 2.05) is 18.0 Å². The molecule has 1 aliphatic rings. The number of alkyl halides is 1. The summed E-state index contributed by atoms with van der Waals surface area (Å²) in [5.74, 6) is 0. The number of hydrogen-bond acceptors (Lipinski definition) is 3. The fraction of sp³-hybridized carbons (Fsp3) is 0.286. The number of rotatable bonds is 0. The van der Waals surface area contributed by atoms with Crippen LogP contribution < -0.4 is 10.2 Å². The van der Waals surface area contributed by atoms with Gasteiger partial charge in [-0.2, -0.15) is 0 Å². The van der Waals surface area contributed by atoms with Gasteiger partial charge in [0.2, 0.25) is 0 Å². The van der Waals surface area contributed by atoms with Gasteiger partial charge in [-0.25, -0.2) is 4.98 Å². The lowest BCUT2D eigenvalue weighted by molar-refractivity contribution is 0.958. The van der Waals surface area contributed by atoms with Gasteiger partial charge in [0.1, 0.15) is 5.69 Å². The average molecular weight is 204 g/mol. The van der Waals surface area contributed by atoms with Crippen molar-refractivity contribution in [3.8, 4) is 0 Å². The summed E-state index contributed by atoms with van der Waals surface area (Å²) in [5, 5.41) is 3.53. The van der Waals surface area contributed by atoms with Crippen molar-refractivity contribution in [2.24, 2.45) is 0 Å². The Morgan fingerprint density at radius 3 is 3.08 bits per heavy atom. The van der Waals surface area contributed by atoms with Gasteiger partial charge >= 0.3 is 0 Å². The summed E-state index contributed by atoms with van der Waals surface area (Å²) >= 11 is 11.8. The summed E-state index contributed by atoms with van der Waals surface area (Å²) in [5.41, 5.74) is 1.55. The van der Waals surface area contributed by atoms with Crippen LogP contribution in [0.15, 0.2) is 12.3 Å². The van der Waals surface area contributed by atoms with E-state index < -0.39 is 0 Å². The molecule has 0 spiro atoms. The van der Waals surface area contributed by atoms with Crippen LogP contribution in [0.2, 0.25) is 5.15 Å². The summed E-state index contributed by atoms with van der Waals surface area (Å²) < 4.78 is 0. The van der Waals surface area contributed by atoms with Gasteiger partial charge in [0.15, 0.2) is 10.8 Å². The monoisotopic (exact) mass is 203 g/mol. The molecular weight excluding hydrogens is 197 g/mol. The Hall–Kier alpha value is -0.670. The van der Waals surface area contributed by atoms with Gasteiger partial charge in [-0.3, -0.25) is 0 Å². The number of pyridine rings is 1. The molecule has 0 radical (unpaired) electrons. The van der Waals surface area contributed by atoms with Gasteiger partial charge in [-0.15, -0.1) is 0 Å². The molecule has 3 nitrogen and oxygen atoms in total. The minimum absolute atomic E-state index is 0.235. The van der Waals surface area contributed by atoms with Gasteiger partial charge < -0.3 is 10.2 Å².